The van der Waals surface area contributed by atoms with Gasteiger partial charge < -0.3 is 5.32 Å². The average Bonchev–Trinajstić information content (AvgIpc) is 2.83. The van der Waals surface area contributed by atoms with Gasteiger partial charge in [0.05, 0.1) is 0 Å². The Morgan fingerprint density at radius 2 is 1.71 bits per heavy atom. The molecule has 2 atom stereocenters. The van der Waals surface area contributed by atoms with E-state index in [1.165, 1.54) is 31.2 Å². The van der Waals surface area contributed by atoms with Gasteiger partial charge in [0.2, 0.25) is 0 Å². The van der Waals surface area contributed by atoms with Gasteiger partial charge in [0, 0.05) is 17.1 Å². The summed E-state index contributed by atoms with van der Waals surface area (Å²) in [6.45, 7) is 4.55. The van der Waals surface area contributed by atoms with E-state index in [0.717, 1.165) is 10.9 Å². The molecule has 2 heteroatoms. The highest BCUT2D eigenvalue weighted by molar-refractivity contribution is 6.30. The van der Waals surface area contributed by atoms with Crippen molar-refractivity contribution < 1.29 is 0 Å². The van der Waals surface area contributed by atoms with Gasteiger partial charge in [0.1, 0.15) is 0 Å². The zero-order valence-electron chi connectivity index (χ0n) is 10.7. The fraction of sp³-hybridized carbons (Fsp3) is 0.600. The highest BCUT2D eigenvalue weighted by atomic mass is 35.5. The number of rotatable bonds is 4. The first-order valence-electron chi connectivity index (χ1n) is 6.68. The van der Waals surface area contributed by atoms with Crippen LogP contribution < -0.4 is 5.32 Å². The van der Waals surface area contributed by atoms with E-state index in [1.54, 1.807) is 0 Å². The largest absolute Gasteiger partial charge is 0.307 e. The molecule has 1 aromatic rings. The fourth-order valence-corrected chi connectivity index (χ4v) is 2.96. The summed E-state index contributed by atoms with van der Waals surface area (Å²) in [5, 5.41) is 4.52. The van der Waals surface area contributed by atoms with Crippen molar-refractivity contribution in [3.05, 3.63) is 34.9 Å². The third kappa shape index (κ3) is 3.46. The molecule has 0 radical (unpaired) electrons. The Morgan fingerprint density at radius 3 is 2.29 bits per heavy atom. The molecule has 0 aromatic heterocycles. The molecule has 0 bridgehead atoms. The number of benzene rings is 1. The number of hydrogen-bond acceptors (Lipinski definition) is 1. The van der Waals surface area contributed by atoms with Gasteiger partial charge in [-0.3, -0.25) is 0 Å². The molecule has 0 spiro atoms. The minimum absolute atomic E-state index is 0.405. The molecule has 0 amide bonds. The highest BCUT2D eigenvalue weighted by Crippen LogP contribution is 2.28. The first kappa shape index (κ1) is 12.9. The Balaban J connectivity index is 1.91. The highest BCUT2D eigenvalue weighted by Gasteiger charge is 2.22. The molecule has 1 saturated carbocycles. The SMILES string of the molecule is CC(N[C@H](C)C1CCCC1)c1ccc(Cl)cc1. The molecule has 1 N–H and O–H groups in total. The molecule has 1 nitrogen and oxygen atoms in total. The standard InChI is InChI=1S/C15H22ClN/c1-11(13-5-3-4-6-13)17-12(2)14-7-9-15(16)10-8-14/h7-13,17H,3-6H2,1-2H3/t11-,12?/m1/s1. The fourth-order valence-electron chi connectivity index (χ4n) is 2.84. The van der Waals surface area contributed by atoms with Crippen LogP contribution in [-0.4, -0.2) is 6.04 Å². The quantitative estimate of drug-likeness (QED) is 0.827. The van der Waals surface area contributed by atoms with Crippen LogP contribution in [0, 0.1) is 5.92 Å². The van der Waals surface area contributed by atoms with E-state index < -0.39 is 0 Å². The van der Waals surface area contributed by atoms with Crippen molar-refractivity contribution in [3.8, 4) is 0 Å². The van der Waals surface area contributed by atoms with Gasteiger partial charge >= 0.3 is 0 Å². The molecule has 1 aliphatic rings. The van der Waals surface area contributed by atoms with E-state index in [4.69, 9.17) is 11.6 Å². The maximum Gasteiger partial charge on any atom is 0.0406 e. The Bertz CT molecular complexity index is 340. The lowest BCUT2D eigenvalue weighted by Gasteiger charge is -2.25. The van der Waals surface area contributed by atoms with E-state index in [1.807, 2.05) is 12.1 Å². The first-order chi connectivity index (χ1) is 8.16. The minimum atomic E-state index is 0.405. The average molecular weight is 252 g/mol. The molecular formula is C15H22ClN. The van der Waals surface area contributed by atoms with E-state index in [-0.39, 0.29) is 0 Å². The van der Waals surface area contributed by atoms with Crippen molar-refractivity contribution in [2.24, 2.45) is 5.92 Å². The first-order valence-corrected chi connectivity index (χ1v) is 7.06. The van der Waals surface area contributed by atoms with Crippen LogP contribution in [0.3, 0.4) is 0 Å². The van der Waals surface area contributed by atoms with Crippen LogP contribution in [0.1, 0.15) is 51.1 Å². The molecular weight excluding hydrogens is 230 g/mol. The summed E-state index contributed by atoms with van der Waals surface area (Å²) in [5.41, 5.74) is 1.32. The summed E-state index contributed by atoms with van der Waals surface area (Å²) < 4.78 is 0. The van der Waals surface area contributed by atoms with Gasteiger partial charge in [-0.1, -0.05) is 36.6 Å². The normalized spacial score (nSPS) is 20.4. The smallest absolute Gasteiger partial charge is 0.0406 e. The lowest BCUT2D eigenvalue weighted by atomic mass is 9.98. The third-order valence-corrected chi connectivity index (χ3v) is 4.24. The van der Waals surface area contributed by atoms with E-state index in [0.29, 0.717) is 12.1 Å². The molecule has 1 aromatic carbocycles. The van der Waals surface area contributed by atoms with Crippen LogP contribution in [0.25, 0.3) is 0 Å². The molecule has 0 aliphatic heterocycles. The van der Waals surface area contributed by atoms with Crippen molar-refractivity contribution in [1.82, 2.24) is 5.32 Å². The van der Waals surface area contributed by atoms with Gasteiger partial charge in [-0.15, -0.1) is 0 Å². The van der Waals surface area contributed by atoms with Gasteiger partial charge in [-0.2, -0.15) is 0 Å². The third-order valence-electron chi connectivity index (χ3n) is 3.99. The molecule has 2 rings (SSSR count). The van der Waals surface area contributed by atoms with Gasteiger partial charge in [-0.05, 0) is 50.3 Å². The maximum absolute atomic E-state index is 5.91. The van der Waals surface area contributed by atoms with Crippen LogP contribution in [0.2, 0.25) is 5.02 Å². The molecule has 94 valence electrons. The maximum atomic E-state index is 5.91. The van der Waals surface area contributed by atoms with E-state index in [2.05, 4.69) is 31.3 Å². The Kier molecular flexibility index (Phi) is 4.47. The topological polar surface area (TPSA) is 12.0 Å². The second-order valence-corrected chi connectivity index (χ2v) is 5.71. The monoisotopic (exact) mass is 251 g/mol. The molecule has 0 saturated heterocycles. The van der Waals surface area contributed by atoms with Gasteiger partial charge in [0.25, 0.3) is 0 Å². The van der Waals surface area contributed by atoms with Crippen LogP contribution >= 0.6 is 11.6 Å². The molecule has 1 aliphatic carbocycles. The van der Waals surface area contributed by atoms with Crippen molar-refractivity contribution in [1.29, 1.82) is 0 Å². The van der Waals surface area contributed by atoms with Crippen LogP contribution in [-0.2, 0) is 0 Å². The summed E-state index contributed by atoms with van der Waals surface area (Å²) in [6.07, 6.45) is 5.60. The Morgan fingerprint density at radius 1 is 1.12 bits per heavy atom. The van der Waals surface area contributed by atoms with Crippen molar-refractivity contribution in [3.63, 3.8) is 0 Å². The lowest BCUT2D eigenvalue weighted by molar-refractivity contribution is 0.352. The second-order valence-electron chi connectivity index (χ2n) is 5.27. The van der Waals surface area contributed by atoms with Crippen LogP contribution in [0.15, 0.2) is 24.3 Å². The zero-order chi connectivity index (χ0) is 12.3. The molecule has 1 unspecified atom stereocenters. The van der Waals surface area contributed by atoms with Crippen LogP contribution in [0.5, 0.6) is 0 Å². The minimum Gasteiger partial charge on any atom is -0.307 e. The van der Waals surface area contributed by atoms with Crippen molar-refractivity contribution in [2.75, 3.05) is 0 Å². The van der Waals surface area contributed by atoms with Gasteiger partial charge in [-0.25, -0.2) is 0 Å². The number of nitrogens with one attached hydrogen (secondary N) is 1. The van der Waals surface area contributed by atoms with Gasteiger partial charge in [0.15, 0.2) is 0 Å². The zero-order valence-corrected chi connectivity index (χ0v) is 11.5. The number of halogens is 1. The Hall–Kier alpha value is -0.530. The molecule has 0 heterocycles. The predicted molar refractivity (Wildman–Crippen MR) is 74.4 cm³/mol. The molecule has 17 heavy (non-hydrogen) atoms. The van der Waals surface area contributed by atoms with Crippen LogP contribution in [0.4, 0.5) is 0 Å². The Labute approximate surface area is 110 Å². The molecule has 1 fully saturated rings. The summed E-state index contributed by atoms with van der Waals surface area (Å²) in [5.74, 6) is 0.866. The lowest BCUT2D eigenvalue weighted by Crippen LogP contribution is -2.34. The van der Waals surface area contributed by atoms with Crippen molar-refractivity contribution >= 4 is 11.6 Å². The van der Waals surface area contributed by atoms with E-state index in [9.17, 15) is 0 Å². The summed E-state index contributed by atoms with van der Waals surface area (Å²) in [4.78, 5) is 0. The van der Waals surface area contributed by atoms with E-state index >= 15 is 0 Å². The predicted octanol–water partition coefficient (Wildman–Crippen LogP) is 4.57. The summed E-state index contributed by atoms with van der Waals surface area (Å²) >= 11 is 5.91. The number of hydrogen-bond donors (Lipinski definition) is 1. The summed E-state index contributed by atoms with van der Waals surface area (Å²) in [6, 6.07) is 9.18. The summed E-state index contributed by atoms with van der Waals surface area (Å²) in [7, 11) is 0. The second kappa shape index (κ2) is 5.88. The van der Waals surface area contributed by atoms with Crippen molar-refractivity contribution in [2.45, 2.75) is 51.6 Å².